The van der Waals surface area contributed by atoms with Gasteiger partial charge in [-0.25, -0.2) is 4.39 Å². The number of alkyl halides is 4. The van der Waals surface area contributed by atoms with Gasteiger partial charge in [-0.15, -0.1) is 0 Å². The Morgan fingerprint density at radius 1 is 1.09 bits per heavy atom. The maximum atomic E-state index is 13.4. The third-order valence-corrected chi connectivity index (χ3v) is 5.52. The minimum Gasteiger partial charge on any atom is -0.490 e. The molecular weight excluding hydrogens is 426 g/mol. The van der Waals surface area contributed by atoms with Crippen LogP contribution in [0, 0.1) is 5.92 Å². The molecule has 170 valence electrons. The fourth-order valence-corrected chi connectivity index (χ4v) is 3.70. The molecule has 0 saturated carbocycles. The van der Waals surface area contributed by atoms with Crippen LogP contribution in [0.5, 0.6) is 5.75 Å². The first kappa shape index (κ1) is 22.3. The van der Waals surface area contributed by atoms with Crippen molar-refractivity contribution < 1.29 is 26.8 Å². The Morgan fingerprint density at radius 3 is 2.47 bits per heavy atom. The summed E-state index contributed by atoms with van der Waals surface area (Å²) in [6, 6.07) is 11.1. The van der Waals surface area contributed by atoms with Crippen molar-refractivity contribution >= 4 is 0 Å². The van der Waals surface area contributed by atoms with Gasteiger partial charge in [-0.05, 0) is 29.7 Å². The molecule has 0 bridgehead atoms. The van der Waals surface area contributed by atoms with Crippen molar-refractivity contribution in [1.29, 1.82) is 0 Å². The number of benzene rings is 2. The van der Waals surface area contributed by atoms with E-state index in [-0.39, 0.29) is 17.3 Å². The van der Waals surface area contributed by atoms with Gasteiger partial charge < -0.3 is 9.26 Å². The molecule has 0 unspecified atom stereocenters. The molecule has 0 atom stereocenters. The molecule has 1 saturated heterocycles. The highest BCUT2D eigenvalue weighted by Gasteiger charge is 2.35. The number of hydrogen-bond donors (Lipinski definition) is 0. The highest BCUT2D eigenvalue weighted by atomic mass is 19.4. The van der Waals surface area contributed by atoms with Crippen molar-refractivity contribution in [2.45, 2.75) is 26.1 Å². The molecule has 3 aromatic rings. The Morgan fingerprint density at radius 2 is 1.81 bits per heavy atom. The minimum absolute atomic E-state index is 0.0437. The van der Waals surface area contributed by atoms with E-state index < -0.39 is 30.8 Å². The Hall–Kier alpha value is -2.94. The van der Waals surface area contributed by atoms with Crippen molar-refractivity contribution in [3.8, 4) is 28.6 Å². The third-order valence-electron chi connectivity index (χ3n) is 5.52. The van der Waals surface area contributed by atoms with Crippen molar-refractivity contribution in [3.63, 3.8) is 0 Å². The SMILES string of the molecule is CCC1CN(Cc2ccc(-c3noc(-c4ccc(OCCF)c(C(F)(F)F)c4)n3)cc2)C1. The molecule has 1 fully saturated rings. The Labute approximate surface area is 183 Å². The van der Waals surface area contributed by atoms with E-state index >= 15 is 0 Å². The zero-order valence-electron chi connectivity index (χ0n) is 17.5. The zero-order valence-corrected chi connectivity index (χ0v) is 17.5. The molecule has 0 radical (unpaired) electrons. The number of ether oxygens (including phenoxy) is 1. The van der Waals surface area contributed by atoms with Crippen molar-refractivity contribution in [2.24, 2.45) is 5.92 Å². The standard InChI is InChI=1S/C23H23F4N3O2/c1-2-15-12-30(13-15)14-16-3-5-17(6-4-16)21-28-22(32-29-21)18-7-8-20(31-10-9-24)19(11-18)23(25,26)27/h3-8,11,15H,2,9-10,12-14H2,1H3. The van der Waals surface area contributed by atoms with Crippen LogP contribution in [-0.2, 0) is 12.7 Å². The summed E-state index contributed by atoms with van der Waals surface area (Å²) in [5.74, 6) is 0.585. The van der Waals surface area contributed by atoms with E-state index in [9.17, 15) is 17.6 Å². The molecule has 4 rings (SSSR count). The van der Waals surface area contributed by atoms with Gasteiger partial charge in [-0.2, -0.15) is 18.2 Å². The second-order valence-corrected chi connectivity index (χ2v) is 7.83. The molecule has 9 heteroatoms. The van der Waals surface area contributed by atoms with Gasteiger partial charge in [0.05, 0.1) is 5.56 Å². The zero-order chi connectivity index (χ0) is 22.7. The van der Waals surface area contributed by atoms with Crippen LogP contribution in [0.1, 0.15) is 24.5 Å². The highest BCUT2D eigenvalue weighted by Crippen LogP contribution is 2.39. The van der Waals surface area contributed by atoms with Gasteiger partial charge in [0.15, 0.2) is 0 Å². The largest absolute Gasteiger partial charge is 0.490 e. The normalized spacial score (nSPS) is 15.0. The van der Waals surface area contributed by atoms with Gasteiger partial charge in [0.1, 0.15) is 19.0 Å². The fraction of sp³-hybridized carbons (Fsp3) is 0.391. The summed E-state index contributed by atoms with van der Waals surface area (Å²) in [7, 11) is 0. The van der Waals surface area contributed by atoms with Crippen LogP contribution in [0.3, 0.4) is 0 Å². The molecule has 0 N–H and O–H groups in total. The predicted octanol–water partition coefficient (Wildman–Crippen LogP) is 5.61. The van der Waals surface area contributed by atoms with Gasteiger partial charge in [0.25, 0.3) is 5.89 Å². The lowest BCUT2D eigenvalue weighted by atomic mass is 9.96. The molecule has 1 aliphatic rings. The average molecular weight is 449 g/mol. The van der Waals surface area contributed by atoms with Gasteiger partial charge in [0, 0.05) is 30.8 Å². The Balaban J connectivity index is 1.50. The Bertz CT molecular complexity index is 1040. The minimum atomic E-state index is -4.67. The van der Waals surface area contributed by atoms with Crippen LogP contribution in [0.15, 0.2) is 47.0 Å². The van der Waals surface area contributed by atoms with E-state index in [4.69, 9.17) is 9.26 Å². The van der Waals surface area contributed by atoms with Gasteiger partial charge in [-0.1, -0.05) is 42.8 Å². The van der Waals surface area contributed by atoms with E-state index in [0.29, 0.717) is 5.56 Å². The molecule has 32 heavy (non-hydrogen) atoms. The smallest absolute Gasteiger partial charge is 0.419 e. The lowest BCUT2D eigenvalue weighted by Gasteiger charge is -2.38. The van der Waals surface area contributed by atoms with Crippen molar-refractivity contribution in [1.82, 2.24) is 15.0 Å². The number of likely N-dealkylation sites (tertiary alicyclic amines) is 1. The van der Waals surface area contributed by atoms with Gasteiger partial charge in [-0.3, -0.25) is 4.90 Å². The van der Waals surface area contributed by atoms with Crippen LogP contribution >= 0.6 is 0 Å². The van der Waals surface area contributed by atoms with Crippen molar-refractivity contribution in [2.75, 3.05) is 26.4 Å². The third kappa shape index (κ3) is 4.93. The van der Waals surface area contributed by atoms with Crippen molar-refractivity contribution in [3.05, 3.63) is 53.6 Å². The lowest BCUT2D eigenvalue weighted by Crippen LogP contribution is -2.45. The van der Waals surface area contributed by atoms with Crippen LogP contribution in [-0.4, -0.2) is 41.4 Å². The molecule has 1 aromatic heterocycles. The van der Waals surface area contributed by atoms with Crippen LogP contribution in [0.25, 0.3) is 22.8 Å². The Kier molecular flexibility index (Phi) is 6.45. The van der Waals surface area contributed by atoms with E-state index in [1.165, 1.54) is 18.1 Å². The number of aromatic nitrogens is 2. The summed E-state index contributed by atoms with van der Waals surface area (Å²) in [5.41, 5.74) is 0.955. The lowest BCUT2D eigenvalue weighted by molar-refractivity contribution is -0.138. The fourth-order valence-electron chi connectivity index (χ4n) is 3.70. The topological polar surface area (TPSA) is 51.4 Å². The van der Waals surface area contributed by atoms with Gasteiger partial charge >= 0.3 is 6.18 Å². The molecule has 2 heterocycles. The average Bonchev–Trinajstić information content (AvgIpc) is 3.24. The van der Waals surface area contributed by atoms with E-state index in [2.05, 4.69) is 22.0 Å². The first-order chi connectivity index (χ1) is 15.4. The molecule has 0 aliphatic carbocycles. The number of halogens is 4. The van der Waals surface area contributed by atoms with E-state index in [0.717, 1.165) is 37.7 Å². The molecule has 0 spiro atoms. The van der Waals surface area contributed by atoms with Crippen LogP contribution in [0.4, 0.5) is 17.6 Å². The molecule has 1 aliphatic heterocycles. The summed E-state index contributed by atoms with van der Waals surface area (Å²) < 4.78 is 62.6. The first-order valence-electron chi connectivity index (χ1n) is 10.4. The van der Waals surface area contributed by atoms with Gasteiger partial charge in [0.2, 0.25) is 5.82 Å². The van der Waals surface area contributed by atoms with Crippen LogP contribution in [0.2, 0.25) is 0 Å². The number of nitrogens with zero attached hydrogens (tertiary/aromatic N) is 3. The second-order valence-electron chi connectivity index (χ2n) is 7.83. The summed E-state index contributed by atoms with van der Waals surface area (Å²) in [6.07, 6.45) is -3.47. The second kappa shape index (κ2) is 9.28. The monoisotopic (exact) mass is 449 g/mol. The summed E-state index contributed by atoms with van der Waals surface area (Å²) >= 11 is 0. The highest BCUT2D eigenvalue weighted by molar-refractivity contribution is 5.62. The predicted molar refractivity (Wildman–Crippen MR) is 111 cm³/mol. The maximum absolute atomic E-state index is 13.4. The summed E-state index contributed by atoms with van der Waals surface area (Å²) in [4.78, 5) is 6.63. The first-order valence-corrected chi connectivity index (χ1v) is 10.4. The molecular formula is C23H23F4N3O2. The number of hydrogen-bond acceptors (Lipinski definition) is 5. The number of rotatable bonds is 8. The summed E-state index contributed by atoms with van der Waals surface area (Å²) in [6.45, 7) is 3.97. The maximum Gasteiger partial charge on any atom is 0.419 e. The van der Waals surface area contributed by atoms with Crippen LogP contribution < -0.4 is 4.74 Å². The summed E-state index contributed by atoms with van der Waals surface area (Å²) in [5, 5.41) is 3.91. The van der Waals surface area contributed by atoms with E-state index in [1.807, 2.05) is 24.3 Å². The van der Waals surface area contributed by atoms with E-state index in [1.54, 1.807) is 0 Å². The quantitative estimate of drug-likeness (QED) is 0.418. The molecule has 0 amide bonds. The molecule has 2 aromatic carbocycles. The molecule has 5 nitrogen and oxygen atoms in total.